The van der Waals surface area contributed by atoms with Crippen LogP contribution >= 0.6 is 0 Å². The smallest absolute Gasteiger partial charge is 0.222 e. The molecule has 4 N–H and O–H groups in total. The Balaban J connectivity index is 2.33. The van der Waals surface area contributed by atoms with Crippen LogP contribution in [-0.2, 0) is 14.3 Å². The third-order valence-electron chi connectivity index (χ3n) is 8.98. The number of nitrogens with two attached hydrogens (primary N) is 1. The van der Waals surface area contributed by atoms with Crippen molar-refractivity contribution in [3.8, 4) is 12.3 Å². The maximum atomic E-state index is 13.2. The number of unbranched alkanes of at least 4 members (excludes halogenated alkanes) is 21. The number of methoxy groups -OCH3 is 1. The zero-order valence-electron chi connectivity index (χ0n) is 28.0. The minimum Gasteiger partial charge on any atom is -0.388 e. The number of nitrogens with zero attached hydrogens (tertiary/aromatic N) is 1. The second kappa shape index (κ2) is 27.2. The second-order valence-corrected chi connectivity index (χ2v) is 12.8. The van der Waals surface area contributed by atoms with E-state index in [9.17, 15) is 15.0 Å². The topological polar surface area (TPSA) is 105 Å². The Bertz CT molecular complexity index is 698. The summed E-state index contributed by atoms with van der Waals surface area (Å²) in [5.41, 5.74) is 5.96. The van der Waals surface area contributed by atoms with Crippen molar-refractivity contribution >= 4 is 5.91 Å². The first-order chi connectivity index (χ1) is 21.0. The SMILES string of the molecule is C#CCCCCCCCCC(=O)N(CCCCCCCCCCCCCCCCCC)C[C@H]1O[C@H](OC)[C@H](N)[C@@H](O)[C@@H]1O. The molecule has 0 bridgehead atoms. The van der Waals surface area contributed by atoms with Gasteiger partial charge in [-0.05, 0) is 19.3 Å². The molecule has 5 atom stereocenters. The number of ether oxygens (including phenoxy) is 2. The summed E-state index contributed by atoms with van der Waals surface area (Å²) in [6.45, 7) is 3.14. The van der Waals surface area contributed by atoms with E-state index in [-0.39, 0.29) is 12.5 Å². The van der Waals surface area contributed by atoms with Gasteiger partial charge in [0.2, 0.25) is 5.91 Å². The fraction of sp³-hybridized carbons (Fsp3) is 0.917. The van der Waals surface area contributed by atoms with Crippen LogP contribution in [0.2, 0.25) is 0 Å². The van der Waals surface area contributed by atoms with Crippen molar-refractivity contribution in [2.24, 2.45) is 5.73 Å². The number of hydrogen-bond acceptors (Lipinski definition) is 6. The Hall–Kier alpha value is -1.17. The van der Waals surface area contributed by atoms with Crippen LogP contribution in [0.3, 0.4) is 0 Å². The molecule has 1 saturated heterocycles. The number of carbonyl (C=O) groups is 1. The number of terminal acetylenes is 1. The summed E-state index contributed by atoms with van der Waals surface area (Å²) in [6, 6.07) is -0.832. The van der Waals surface area contributed by atoms with E-state index < -0.39 is 30.6 Å². The van der Waals surface area contributed by atoms with Crippen molar-refractivity contribution in [1.29, 1.82) is 0 Å². The third-order valence-corrected chi connectivity index (χ3v) is 8.98. The van der Waals surface area contributed by atoms with Gasteiger partial charge >= 0.3 is 0 Å². The molecule has 1 heterocycles. The fourth-order valence-electron chi connectivity index (χ4n) is 6.07. The Morgan fingerprint density at radius 1 is 0.767 bits per heavy atom. The van der Waals surface area contributed by atoms with Crippen LogP contribution in [0.15, 0.2) is 0 Å². The standard InChI is InChI=1S/C36H68N2O5/c1-4-6-8-10-12-14-15-16-17-18-19-20-21-23-25-27-29-38(32(39)28-26-24-22-13-11-9-7-5-2)30-31-34(40)35(41)33(37)36(42-3)43-31/h2,31,33-36,40-41H,4,6-30,37H2,1,3H3/t31-,33-,34-,35-,36+/m1/s1. The van der Waals surface area contributed by atoms with Gasteiger partial charge in [0.15, 0.2) is 6.29 Å². The Kier molecular flexibility index (Phi) is 25.2. The number of carbonyl (C=O) groups excluding carboxylic acids is 1. The van der Waals surface area contributed by atoms with Crippen molar-refractivity contribution < 1.29 is 24.5 Å². The summed E-state index contributed by atoms with van der Waals surface area (Å²) in [5.74, 6) is 2.77. The molecule has 0 radical (unpaired) electrons. The number of aliphatic hydroxyl groups is 2. The molecule has 7 heteroatoms. The van der Waals surface area contributed by atoms with E-state index in [2.05, 4.69) is 12.8 Å². The molecule has 7 nitrogen and oxygen atoms in total. The molecule has 1 rings (SSSR count). The lowest BCUT2D eigenvalue weighted by Gasteiger charge is -2.42. The Morgan fingerprint density at radius 3 is 1.72 bits per heavy atom. The lowest BCUT2D eigenvalue weighted by atomic mass is 9.96. The van der Waals surface area contributed by atoms with E-state index >= 15 is 0 Å². The molecule has 0 aromatic rings. The Morgan fingerprint density at radius 2 is 1.23 bits per heavy atom. The van der Waals surface area contributed by atoms with Crippen LogP contribution in [0.5, 0.6) is 0 Å². The molecule has 0 saturated carbocycles. The number of aliphatic hydroxyl groups excluding tert-OH is 2. The highest BCUT2D eigenvalue weighted by Gasteiger charge is 2.43. The van der Waals surface area contributed by atoms with Crippen LogP contribution in [0.1, 0.15) is 161 Å². The Labute approximate surface area is 265 Å². The molecule has 0 spiro atoms. The minimum atomic E-state index is -1.16. The summed E-state index contributed by atoms with van der Waals surface area (Å²) in [5, 5.41) is 21.1. The van der Waals surface area contributed by atoms with Crippen LogP contribution < -0.4 is 5.73 Å². The van der Waals surface area contributed by atoms with Crippen molar-refractivity contribution in [3.63, 3.8) is 0 Å². The van der Waals surface area contributed by atoms with Crippen molar-refractivity contribution in [3.05, 3.63) is 0 Å². The van der Waals surface area contributed by atoms with Crippen LogP contribution in [0.4, 0.5) is 0 Å². The summed E-state index contributed by atoms with van der Waals surface area (Å²) in [6.07, 6.45) is 30.1. The predicted octanol–water partition coefficient (Wildman–Crippen LogP) is 7.25. The average molecular weight is 609 g/mol. The van der Waals surface area contributed by atoms with Crippen molar-refractivity contribution in [2.45, 2.75) is 192 Å². The zero-order valence-corrected chi connectivity index (χ0v) is 28.0. The highest BCUT2D eigenvalue weighted by Crippen LogP contribution is 2.22. The van der Waals surface area contributed by atoms with Gasteiger partial charge in [0, 0.05) is 33.0 Å². The van der Waals surface area contributed by atoms with Crippen LogP contribution in [0.25, 0.3) is 0 Å². The number of hydrogen-bond donors (Lipinski definition) is 3. The minimum absolute atomic E-state index is 0.0856. The molecule has 1 fully saturated rings. The predicted molar refractivity (Wildman–Crippen MR) is 178 cm³/mol. The quantitative estimate of drug-likeness (QED) is 0.0638. The van der Waals surface area contributed by atoms with E-state index in [0.29, 0.717) is 13.0 Å². The molecule has 252 valence electrons. The van der Waals surface area contributed by atoms with Crippen molar-refractivity contribution in [2.75, 3.05) is 20.2 Å². The fourth-order valence-corrected chi connectivity index (χ4v) is 6.07. The molecular weight excluding hydrogens is 540 g/mol. The first-order valence-corrected chi connectivity index (χ1v) is 18.0. The molecule has 1 aliphatic rings. The second-order valence-electron chi connectivity index (χ2n) is 12.8. The molecule has 43 heavy (non-hydrogen) atoms. The van der Waals surface area contributed by atoms with Gasteiger partial charge < -0.3 is 30.3 Å². The highest BCUT2D eigenvalue weighted by atomic mass is 16.7. The summed E-state index contributed by atoms with van der Waals surface area (Å²) >= 11 is 0. The van der Waals surface area contributed by atoms with E-state index in [1.165, 1.54) is 97.0 Å². The number of amides is 1. The lowest BCUT2D eigenvalue weighted by Crippen LogP contribution is -2.63. The molecule has 0 aromatic carbocycles. The van der Waals surface area contributed by atoms with Crippen LogP contribution in [-0.4, -0.2) is 71.9 Å². The average Bonchev–Trinajstić information content (AvgIpc) is 3.01. The van der Waals surface area contributed by atoms with Gasteiger partial charge in [0.05, 0.1) is 6.04 Å². The largest absolute Gasteiger partial charge is 0.388 e. The maximum Gasteiger partial charge on any atom is 0.222 e. The van der Waals surface area contributed by atoms with E-state index in [4.69, 9.17) is 21.6 Å². The van der Waals surface area contributed by atoms with Crippen LogP contribution in [0, 0.1) is 12.3 Å². The maximum absolute atomic E-state index is 13.2. The van der Waals surface area contributed by atoms with Crippen molar-refractivity contribution in [1.82, 2.24) is 4.90 Å². The van der Waals surface area contributed by atoms with Gasteiger partial charge in [-0.1, -0.05) is 129 Å². The lowest BCUT2D eigenvalue weighted by molar-refractivity contribution is -0.254. The monoisotopic (exact) mass is 609 g/mol. The molecule has 0 unspecified atom stereocenters. The van der Waals surface area contributed by atoms with E-state index in [1.807, 2.05) is 4.90 Å². The molecule has 0 aliphatic carbocycles. The summed E-state index contributed by atoms with van der Waals surface area (Å²) in [7, 11) is 1.47. The highest BCUT2D eigenvalue weighted by molar-refractivity contribution is 5.76. The van der Waals surface area contributed by atoms with Gasteiger partial charge in [0.1, 0.15) is 18.3 Å². The summed E-state index contributed by atoms with van der Waals surface area (Å²) < 4.78 is 11.2. The molecule has 0 aromatic heterocycles. The number of rotatable bonds is 28. The van der Waals surface area contributed by atoms with Gasteiger partial charge in [-0.15, -0.1) is 12.3 Å². The zero-order chi connectivity index (χ0) is 31.5. The van der Waals surface area contributed by atoms with E-state index in [1.54, 1.807) is 0 Å². The first-order valence-electron chi connectivity index (χ1n) is 18.0. The normalized spacial score (nSPS) is 22.0. The van der Waals surface area contributed by atoms with Gasteiger partial charge in [0.25, 0.3) is 0 Å². The van der Waals surface area contributed by atoms with Gasteiger partial charge in [-0.2, -0.15) is 0 Å². The molecule has 1 aliphatic heterocycles. The van der Waals surface area contributed by atoms with Gasteiger partial charge in [-0.3, -0.25) is 4.79 Å². The first kappa shape index (κ1) is 39.9. The third kappa shape index (κ3) is 19.1. The van der Waals surface area contributed by atoms with Gasteiger partial charge in [-0.25, -0.2) is 0 Å². The summed E-state index contributed by atoms with van der Waals surface area (Å²) in [4.78, 5) is 15.1. The molecular formula is C36H68N2O5. The molecule has 1 amide bonds. The van der Waals surface area contributed by atoms with E-state index in [0.717, 1.165) is 57.8 Å².